The van der Waals surface area contributed by atoms with Gasteiger partial charge in [-0.2, -0.15) is 5.10 Å². The average Bonchev–Trinajstić information content (AvgIpc) is 3.18. The number of nitrogens with one attached hydrogen (secondary N) is 1. The van der Waals surface area contributed by atoms with Crippen molar-refractivity contribution < 1.29 is 4.74 Å². The van der Waals surface area contributed by atoms with Crippen molar-refractivity contribution in [1.29, 1.82) is 0 Å². The van der Waals surface area contributed by atoms with Gasteiger partial charge in [0.05, 0.1) is 0 Å². The fraction of sp³-hybridized carbons (Fsp3) is 0.0769. The number of fused-ring (bicyclic) bond motifs is 1. The van der Waals surface area contributed by atoms with Crippen LogP contribution in [0.2, 0.25) is 0 Å². The van der Waals surface area contributed by atoms with E-state index in [2.05, 4.69) is 64.8 Å². The maximum atomic E-state index is 5.90. The zero-order valence-corrected chi connectivity index (χ0v) is 17.7. The summed E-state index contributed by atoms with van der Waals surface area (Å²) >= 11 is 5.51. The largest absolute Gasteiger partial charge is 0.489 e. The maximum Gasteiger partial charge on any atom is 0.199 e. The minimum atomic E-state index is 0.540. The molecular formula is C26H21N3OS. The minimum Gasteiger partial charge on any atom is -0.489 e. The molecule has 1 heterocycles. The zero-order chi connectivity index (χ0) is 21.0. The minimum absolute atomic E-state index is 0.540. The summed E-state index contributed by atoms with van der Waals surface area (Å²) in [4.78, 5) is 0. The first kappa shape index (κ1) is 19.3. The van der Waals surface area contributed by atoms with Crippen molar-refractivity contribution in [3.63, 3.8) is 0 Å². The van der Waals surface area contributed by atoms with Gasteiger partial charge in [-0.1, -0.05) is 72.8 Å². The summed E-state index contributed by atoms with van der Waals surface area (Å²) in [5, 5.41) is 9.87. The van der Waals surface area contributed by atoms with Crippen LogP contribution >= 0.6 is 12.2 Å². The Hall–Kier alpha value is -3.70. The van der Waals surface area contributed by atoms with Crippen LogP contribution in [-0.2, 0) is 13.0 Å². The molecule has 0 saturated carbocycles. The van der Waals surface area contributed by atoms with Crippen molar-refractivity contribution >= 4 is 23.0 Å². The molecule has 4 nitrogen and oxygen atoms in total. The molecule has 1 N–H and O–H groups in total. The van der Waals surface area contributed by atoms with Crippen LogP contribution in [0, 0.1) is 4.77 Å². The number of hydrogen-bond acceptors (Lipinski definition) is 3. The third kappa shape index (κ3) is 4.27. The molecule has 5 aromatic rings. The maximum absolute atomic E-state index is 5.90. The standard InChI is InChI=1S/C26H21N3OS/c31-26-28-27-25(17-20-10-11-21-8-4-5-9-22(21)16-20)29(26)23-12-14-24(15-13-23)30-18-19-6-2-1-3-7-19/h1-16H,17-18H2,(H,28,31). The number of benzene rings is 4. The molecule has 4 aromatic carbocycles. The highest BCUT2D eigenvalue weighted by molar-refractivity contribution is 7.71. The van der Waals surface area contributed by atoms with Crippen LogP contribution in [0.5, 0.6) is 5.75 Å². The number of rotatable bonds is 6. The molecule has 0 bridgehead atoms. The van der Waals surface area contributed by atoms with Gasteiger partial charge in [0, 0.05) is 12.1 Å². The lowest BCUT2D eigenvalue weighted by Gasteiger charge is -2.10. The Balaban J connectivity index is 1.36. The van der Waals surface area contributed by atoms with E-state index in [9.17, 15) is 0 Å². The van der Waals surface area contributed by atoms with Crippen molar-refractivity contribution in [2.75, 3.05) is 0 Å². The molecule has 0 aliphatic heterocycles. The van der Waals surface area contributed by atoms with Gasteiger partial charge in [0.15, 0.2) is 4.77 Å². The molecular weight excluding hydrogens is 402 g/mol. The van der Waals surface area contributed by atoms with Gasteiger partial charge in [-0.15, -0.1) is 0 Å². The molecule has 0 aliphatic rings. The number of ether oxygens (including phenoxy) is 1. The zero-order valence-electron chi connectivity index (χ0n) is 16.9. The fourth-order valence-electron chi connectivity index (χ4n) is 3.68. The van der Waals surface area contributed by atoms with Crippen LogP contribution in [0.4, 0.5) is 0 Å². The monoisotopic (exact) mass is 423 g/mol. The summed E-state index contributed by atoms with van der Waals surface area (Å²) in [7, 11) is 0. The third-order valence-corrected chi connectivity index (χ3v) is 5.54. The molecule has 0 saturated heterocycles. The Bertz CT molecular complexity index is 1370. The van der Waals surface area contributed by atoms with Gasteiger partial charge in [0.2, 0.25) is 0 Å². The van der Waals surface area contributed by atoms with Gasteiger partial charge in [-0.25, -0.2) is 0 Å². The van der Waals surface area contributed by atoms with Gasteiger partial charge < -0.3 is 4.74 Å². The second kappa shape index (κ2) is 8.58. The number of nitrogens with zero attached hydrogens (tertiary/aromatic N) is 2. The van der Waals surface area contributed by atoms with E-state index in [1.165, 1.54) is 16.3 Å². The Kier molecular flexibility index (Phi) is 5.33. The fourth-order valence-corrected chi connectivity index (χ4v) is 3.93. The lowest BCUT2D eigenvalue weighted by atomic mass is 10.0. The van der Waals surface area contributed by atoms with Crippen LogP contribution in [0.1, 0.15) is 17.0 Å². The van der Waals surface area contributed by atoms with Crippen molar-refractivity contribution in [3.05, 3.63) is 119 Å². The van der Waals surface area contributed by atoms with Gasteiger partial charge in [-0.3, -0.25) is 9.67 Å². The Morgan fingerprint density at radius 3 is 2.32 bits per heavy atom. The molecule has 1 aromatic heterocycles. The highest BCUT2D eigenvalue weighted by atomic mass is 32.1. The van der Waals surface area contributed by atoms with Crippen molar-refractivity contribution in [2.45, 2.75) is 13.0 Å². The summed E-state index contributed by atoms with van der Waals surface area (Å²) in [5.74, 6) is 1.69. The Morgan fingerprint density at radius 1 is 0.774 bits per heavy atom. The van der Waals surface area contributed by atoms with Gasteiger partial charge >= 0.3 is 0 Å². The van der Waals surface area contributed by atoms with Crippen LogP contribution in [0.3, 0.4) is 0 Å². The highest BCUT2D eigenvalue weighted by Gasteiger charge is 2.10. The Morgan fingerprint density at radius 2 is 1.52 bits per heavy atom. The second-order valence-electron chi connectivity index (χ2n) is 7.41. The topological polar surface area (TPSA) is 42.8 Å². The average molecular weight is 424 g/mol. The number of hydrogen-bond donors (Lipinski definition) is 1. The van der Waals surface area contributed by atoms with E-state index in [4.69, 9.17) is 17.0 Å². The van der Waals surface area contributed by atoms with Gasteiger partial charge in [0.25, 0.3) is 0 Å². The van der Waals surface area contributed by atoms with E-state index in [1.807, 2.05) is 47.0 Å². The molecule has 152 valence electrons. The van der Waals surface area contributed by atoms with Gasteiger partial charge in [0.1, 0.15) is 18.2 Å². The van der Waals surface area contributed by atoms with E-state index in [-0.39, 0.29) is 0 Å². The molecule has 0 radical (unpaired) electrons. The number of H-pyrrole nitrogens is 1. The van der Waals surface area contributed by atoms with E-state index in [0.29, 0.717) is 17.8 Å². The number of aromatic amines is 1. The molecule has 0 unspecified atom stereocenters. The molecule has 0 spiro atoms. The van der Waals surface area contributed by atoms with Gasteiger partial charge in [-0.05, 0) is 58.4 Å². The summed E-state index contributed by atoms with van der Waals surface area (Å²) in [6, 6.07) is 32.9. The lowest BCUT2D eigenvalue weighted by Crippen LogP contribution is -2.03. The summed E-state index contributed by atoms with van der Waals surface area (Å²) in [6.07, 6.45) is 0.685. The van der Waals surface area contributed by atoms with Crippen LogP contribution in [-0.4, -0.2) is 14.8 Å². The molecule has 0 fully saturated rings. The molecule has 5 heteroatoms. The third-order valence-electron chi connectivity index (χ3n) is 5.26. The summed E-state index contributed by atoms with van der Waals surface area (Å²) in [5.41, 5.74) is 3.29. The SMILES string of the molecule is S=c1[nH]nc(Cc2ccc3ccccc3c2)n1-c1ccc(OCc2ccccc2)cc1. The highest BCUT2D eigenvalue weighted by Crippen LogP contribution is 2.21. The molecule has 31 heavy (non-hydrogen) atoms. The second-order valence-corrected chi connectivity index (χ2v) is 7.79. The molecule has 0 atom stereocenters. The van der Waals surface area contributed by atoms with E-state index in [1.54, 1.807) is 0 Å². The summed E-state index contributed by atoms with van der Waals surface area (Å²) in [6.45, 7) is 0.540. The first-order valence-electron chi connectivity index (χ1n) is 10.2. The van der Waals surface area contributed by atoms with E-state index in [0.717, 1.165) is 22.8 Å². The first-order chi connectivity index (χ1) is 15.3. The quantitative estimate of drug-likeness (QED) is 0.328. The Labute approximate surface area is 185 Å². The number of aromatic nitrogens is 3. The van der Waals surface area contributed by atoms with Crippen molar-refractivity contribution in [3.8, 4) is 11.4 Å². The summed E-state index contributed by atoms with van der Waals surface area (Å²) < 4.78 is 8.46. The molecule has 0 aliphatic carbocycles. The van der Waals surface area contributed by atoms with Crippen molar-refractivity contribution in [2.24, 2.45) is 0 Å². The predicted octanol–water partition coefficient (Wildman–Crippen LogP) is 6.25. The van der Waals surface area contributed by atoms with E-state index >= 15 is 0 Å². The molecule has 0 amide bonds. The first-order valence-corrected chi connectivity index (χ1v) is 10.6. The van der Waals surface area contributed by atoms with Crippen molar-refractivity contribution in [1.82, 2.24) is 14.8 Å². The van der Waals surface area contributed by atoms with Crippen LogP contribution in [0.15, 0.2) is 97.1 Å². The smallest absolute Gasteiger partial charge is 0.199 e. The van der Waals surface area contributed by atoms with Crippen LogP contribution < -0.4 is 4.74 Å². The van der Waals surface area contributed by atoms with E-state index < -0.39 is 0 Å². The predicted molar refractivity (Wildman–Crippen MR) is 126 cm³/mol. The van der Waals surface area contributed by atoms with Crippen LogP contribution in [0.25, 0.3) is 16.5 Å². The molecule has 5 rings (SSSR count). The lowest BCUT2D eigenvalue weighted by molar-refractivity contribution is 0.306. The normalized spacial score (nSPS) is 11.0.